The fourth-order valence-corrected chi connectivity index (χ4v) is 2.34. The smallest absolute Gasteiger partial charge is 0.190 e. The minimum Gasteiger partial charge on any atom is -0.292 e. The third-order valence-corrected chi connectivity index (χ3v) is 3.47. The summed E-state index contributed by atoms with van der Waals surface area (Å²) < 4.78 is 5.64. The Morgan fingerprint density at radius 1 is 1.44 bits per heavy atom. The largest absolute Gasteiger partial charge is 0.292 e. The maximum absolute atomic E-state index is 11.8. The van der Waals surface area contributed by atoms with Crippen LogP contribution in [0.3, 0.4) is 0 Å². The molecule has 0 amide bonds. The van der Waals surface area contributed by atoms with Crippen molar-refractivity contribution in [3.8, 4) is 0 Å². The van der Waals surface area contributed by atoms with E-state index < -0.39 is 0 Å². The van der Waals surface area contributed by atoms with Gasteiger partial charge in [-0.05, 0) is 30.4 Å². The van der Waals surface area contributed by atoms with Gasteiger partial charge in [0, 0.05) is 11.6 Å². The molecular formula is C12H16N4OS. The lowest BCUT2D eigenvalue weighted by Crippen LogP contribution is -2.09. The lowest BCUT2D eigenvalue weighted by atomic mass is 10.2. The average Bonchev–Trinajstić information content (AvgIpc) is 3.01. The molecule has 0 radical (unpaired) electrons. The first-order chi connectivity index (χ1) is 8.74. The molecule has 0 aliphatic heterocycles. The van der Waals surface area contributed by atoms with Crippen LogP contribution < -0.4 is 0 Å². The lowest BCUT2D eigenvalue weighted by molar-refractivity contribution is 0.0987. The van der Waals surface area contributed by atoms with Gasteiger partial charge in [-0.15, -0.1) is 5.10 Å². The van der Waals surface area contributed by atoms with Gasteiger partial charge in [0.25, 0.3) is 0 Å². The lowest BCUT2D eigenvalue weighted by Gasteiger charge is -2.12. The molecule has 6 heteroatoms. The molecule has 0 saturated carbocycles. The maximum atomic E-state index is 11.8. The van der Waals surface area contributed by atoms with Gasteiger partial charge < -0.3 is 0 Å². The van der Waals surface area contributed by atoms with Gasteiger partial charge in [0.05, 0.1) is 18.2 Å². The summed E-state index contributed by atoms with van der Waals surface area (Å²) in [5.41, 5.74) is 1.22. The van der Waals surface area contributed by atoms with Crippen LogP contribution >= 0.6 is 11.5 Å². The van der Waals surface area contributed by atoms with Crippen molar-refractivity contribution in [3.63, 3.8) is 0 Å². The van der Waals surface area contributed by atoms with Crippen molar-refractivity contribution < 1.29 is 4.79 Å². The van der Waals surface area contributed by atoms with E-state index in [2.05, 4.69) is 28.5 Å². The Kier molecular flexibility index (Phi) is 4.19. The average molecular weight is 264 g/mol. The molecule has 0 fully saturated rings. The van der Waals surface area contributed by atoms with Gasteiger partial charge in [-0.1, -0.05) is 18.3 Å². The first-order valence-electron chi connectivity index (χ1n) is 6.08. The standard InChI is InChI=1S/C12H16N4OS/c1-3-10(4-2)16-6-5-9(14-16)7-12(17)11-8-18-15-13-11/h5-6,8,10H,3-4,7H2,1-2H3. The second kappa shape index (κ2) is 5.86. The van der Waals surface area contributed by atoms with E-state index in [4.69, 9.17) is 0 Å². The SMILES string of the molecule is CCC(CC)n1ccc(CC(=O)c2csnn2)n1. The molecule has 0 saturated heterocycles. The van der Waals surface area contributed by atoms with Gasteiger partial charge in [0.1, 0.15) is 5.69 Å². The Labute approximate surface area is 110 Å². The van der Waals surface area contributed by atoms with Crippen LogP contribution in [0.1, 0.15) is 48.9 Å². The fraction of sp³-hybridized carbons (Fsp3) is 0.500. The molecule has 5 nitrogen and oxygen atoms in total. The van der Waals surface area contributed by atoms with E-state index >= 15 is 0 Å². The summed E-state index contributed by atoms with van der Waals surface area (Å²) in [7, 11) is 0. The molecule has 18 heavy (non-hydrogen) atoms. The number of aromatic nitrogens is 4. The number of ketones is 1. The third-order valence-electron chi connectivity index (χ3n) is 2.97. The molecule has 0 spiro atoms. The van der Waals surface area contributed by atoms with Gasteiger partial charge in [-0.2, -0.15) is 5.10 Å². The molecule has 2 aromatic heterocycles. The molecular weight excluding hydrogens is 248 g/mol. The highest BCUT2D eigenvalue weighted by Crippen LogP contribution is 2.15. The molecule has 2 aromatic rings. The zero-order chi connectivity index (χ0) is 13.0. The van der Waals surface area contributed by atoms with Crippen molar-refractivity contribution in [1.29, 1.82) is 0 Å². The van der Waals surface area contributed by atoms with E-state index in [-0.39, 0.29) is 5.78 Å². The van der Waals surface area contributed by atoms with E-state index in [1.165, 1.54) is 11.5 Å². The van der Waals surface area contributed by atoms with E-state index in [0.717, 1.165) is 18.5 Å². The predicted octanol–water partition coefficient (Wildman–Crippen LogP) is 2.52. The Morgan fingerprint density at radius 3 is 2.83 bits per heavy atom. The minimum absolute atomic E-state index is 0.0291. The Balaban J connectivity index is 2.05. The summed E-state index contributed by atoms with van der Waals surface area (Å²) in [6.07, 6.45) is 4.32. The molecule has 2 heterocycles. The summed E-state index contributed by atoms with van der Waals surface area (Å²) in [6, 6.07) is 2.31. The number of carbonyl (C=O) groups excluding carboxylic acids is 1. The number of nitrogens with zero attached hydrogens (tertiary/aromatic N) is 4. The Morgan fingerprint density at radius 2 is 2.22 bits per heavy atom. The Bertz CT molecular complexity index is 502. The molecule has 0 aliphatic rings. The van der Waals surface area contributed by atoms with Crippen LogP contribution in [0.2, 0.25) is 0 Å². The number of carbonyl (C=O) groups is 1. The van der Waals surface area contributed by atoms with Gasteiger partial charge in [-0.25, -0.2) is 0 Å². The number of hydrogen-bond acceptors (Lipinski definition) is 5. The van der Waals surface area contributed by atoms with Crippen LogP contribution in [0, 0.1) is 0 Å². The molecule has 0 aromatic carbocycles. The first-order valence-corrected chi connectivity index (χ1v) is 6.92. The monoisotopic (exact) mass is 264 g/mol. The normalized spacial score (nSPS) is 11.1. The van der Waals surface area contributed by atoms with Crippen molar-refractivity contribution in [1.82, 2.24) is 19.4 Å². The summed E-state index contributed by atoms with van der Waals surface area (Å²) in [5.74, 6) is -0.0291. The van der Waals surface area contributed by atoms with Crippen molar-refractivity contribution in [2.45, 2.75) is 39.2 Å². The molecule has 0 bridgehead atoms. The van der Waals surface area contributed by atoms with Crippen LogP contribution in [0.15, 0.2) is 17.6 Å². The second-order valence-electron chi connectivity index (χ2n) is 4.15. The summed E-state index contributed by atoms with van der Waals surface area (Å²) in [4.78, 5) is 11.8. The molecule has 0 unspecified atom stereocenters. The quantitative estimate of drug-likeness (QED) is 0.752. The fourth-order valence-electron chi connectivity index (χ4n) is 1.88. The summed E-state index contributed by atoms with van der Waals surface area (Å²) in [5, 5.41) is 9.89. The molecule has 96 valence electrons. The summed E-state index contributed by atoms with van der Waals surface area (Å²) in [6.45, 7) is 4.28. The van der Waals surface area contributed by atoms with Crippen molar-refractivity contribution >= 4 is 17.3 Å². The van der Waals surface area contributed by atoms with Gasteiger partial charge in [0.15, 0.2) is 5.78 Å². The first kappa shape index (κ1) is 12.9. The molecule has 0 aliphatic carbocycles. The number of rotatable bonds is 6. The number of Topliss-reactive ketones (excluding diaryl/α,β-unsaturated/α-hetero) is 1. The van der Waals surface area contributed by atoms with Crippen LogP contribution in [-0.4, -0.2) is 25.2 Å². The highest BCUT2D eigenvalue weighted by Gasteiger charge is 2.13. The van der Waals surface area contributed by atoms with Crippen LogP contribution in [-0.2, 0) is 6.42 Å². The van der Waals surface area contributed by atoms with E-state index in [9.17, 15) is 4.79 Å². The molecule has 0 N–H and O–H groups in total. The van der Waals surface area contributed by atoms with Crippen LogP contribution in [0.5, 0.6) is 0 Å². The van der Waals surface area contributed by atoms with Crippen LogP contribution in [0.4, 0.5) is 0 Å². The van der Waals surface area contributed by atoms with Crippen molar-refractivity contribution in [2.24, 2.45) is 0 Å². The zero-order valence-electron chi connectivity index (χ0n) is 10.5. The number of hydrogen-bond donors (Lipinski definition) is 0. The molecule has 2 rings (SSSR count). The predicted molar refractivity (Wildman–Crippen MR) is 69.8 cm³/mol. The van der Waals surface area contributed by atoms with Crippen molar-refractivity contribution in [2.75, 3.05) is 0 Å². The van der Waals surface area contributed by atoms with Crippen LogP contribution in [0.25, 0.3) is 0 Å². The maximum Gasteiger partial charge on any atom is 0.190 e. The van der Waals surface area contributed by atoms with Gasteiger partial charge in [-0.3, -0.25) is 9.48 Å². The van der Waals surface area contributed by atoms with E-state index in [0.29, 0.717) is 18.2 Å². The van der Waals surface area contributed by atoms with Gasteiger partial charge in [0.2, 0.25) is 0 Å². The topological polar surface area (TPSA) is 60.7 Å². The van der Waals surface area contributed by atoms with E-state index in [1.807, 2.05) is 16.9 Å². The third kappa shape index (κ3) is 2.81. The zero-order valence-corrected chi connectivity index (χ0v) is 11.4. The van der Waals surface area contributed by atoms with E-state index in [1.54, 1.807) is 5.38 Å². The van der Waals surface area contributed by atoms with Crippen molar-refractivity contribution in [3.05, 3.63) is 29.0 Å². The van der Waals surface area contributed by atoms with Gasteiger partial charge >= 0.3 is 0 Å². The summed E-state index contributed by atoms with van der Waals surface area (Å²) >= 11 is 1.19. The molecule has 0 atom stereocenters. The highest BCUT2D eigenvalue weighted by molar-refractivity contribution is 7.03. The Hall–Kier alpha value is -1.56. The second-order valence-corrected chi connectivity index (χ2v) is 4.76. The highest BCUT2D eigenvalue weighted by atomic mass is 32.1. The minimum atomic E-state index is -0.0291.